The lowest BCUT2D eigenvalue weighted by molar-refractivity contribution is -0.133. The molecule has 0 spiro atoms. The molecule has 3 amide bonds. The number of carbonyl (C=O) groups is 2. The minimum Gasteiger partial charge on any atom is -0.350 e. The summed E-state index contributed by atoms with van der Waals surface area (Å²) in [5, 5.41) is 5.46. The van der Waals surface area contributed by atoms with Gasteiger partial charge in [-0.3, -0.25) is 9.69 Å². The highest BCUT2D eigenvalue weighted by atomic mass is 79.9. The average molecular weight is 275 g/mol. The van der Waals surface area contributed by atoms with Crippen LogP contribution in [0.4, 0.5) is 4.79 Å². The Morgan fingerprint density at radius 3 is 3.07 bits per heavy atom. The Morgan fingerprint density at radius 2 is 2.40 bits per heavy atom. The van der Waals surface area contributed by atoms with Gasteiger partial charge in [-0.1, -0.05) is 6.92 Å². The van der Waals surface area contributed by atoms with Crippen LogP contribution in [0.2, 0.25) is 0 Å². The SMILES string of the molecule is CCCN1C(=O)NC2N=CNC2(Br)C1=O. The first-order valence-corrected chi connectivity index (χ1v) is 5.49. The molecule has 82 valence electrons. The molecule has 0 bridgehead atoms. The van der Waals surface area contributed by atoms with Crippen LogP contribution >= 0.6 is 15.9 Å². The van der Waals surface area contributed by atoms with Gasteiger partial charge in [-0.15, -0.1) is 0 Å². The number of fused-ring (bicyclic) bond motifs is 1. The molecule has 1 fully saturated rings. The van der Waals surface area contributed by atoms with Crippen LogP contribution in [-0.2, 0) is 4.79 Å². The average Bonchev–Trinajstić information content (AvgIpc) is 2.56. The van der Waals surface area contributed by atoms with E-state index in [2.05, 4.69) is 31.6 Å². The quantitative estimate of drug-likeness (QED) is 0.550. The summed E-state index contributed by atoms with van der Waals surface area (Å²) in [5.74, 6) is -0.296. The molecule has 2 rings (SSSR count). The second-order valence-corrected chi connectivity index (χ2v) is 4.69. The summed E-state index contributed by atoms with van der Waals surface area (Å²) in [6, 6.07) is -0.386. The number of hydrogen-bond donors (Lipinski definition) is 2. The third kappa shape index (κ3) is 1.41. The monoisotopic (exact) mass is 274 g/mol. The Labute approximate surface area is 95.2 Å². The van der Waals surface area contributed by atoms with E-state index in [0.717, 1.165) is 6.42 Å². The van der Waals surface area contributed by atoms with Crippen LogP contribution in [0.1, 0.15) is 13.3 Å². The van der Waals surface area contributed by atoms with Crippen LogP contribution in [0.15, 0.2) is 4.99 Å². The van der Waals surface area contributed by atoms with Gasteiger partial charge in [0.25, 0.3) is 5.91 Å². The molecular formula is C8H11BrN4O2. The van der Waals surface area contributed by atoms with Gasteiger partial charge in [0.1, 0.15) is 0 Å². The lowest BCUT2D eigenvalue weighted by Crippen LogP contribution is -2.69. The topological polar surface area (TPSA) is 73.8 Å². The fraction of sp³-hybridized carbons (Fsp3) is 0.625. The second kappa shape index (κ2) is 3.48. The number of carbonyl (C=O) groups excluding carboxylic acids is 2. The minimum atomic E-state index is -1.00. The number of rotatable bonds is 2. The van der Waals surface area contributed by atoms with Crippen molar-refractivity contribution in [1.82, 2.24) is 15.5 Å². The maximum atomic E-state index is 12.0. The van der Waals surface area contributed by atoms with Crippen molar-refractivity contribution < 1.29 is 9.59 Å². The molecule has 0 aliphatic carbocycles. The largest absolute Gasteiger partial charge is 0.350 e. The third-order valence-electron chi connectivity index (χ3n) is 2.38. The molecule has 2 atom stereocenters. The van der Waals surface area contributed by atoms with Gasteiger partial charge in [0, 0.05) is 6.54 Å². The van der Waals surface area contributed by atoms with Crippen molar-refractivity contribution in [3.05, 3.63) is 0 Å². The number of urea groups is 1. The summed E-state index contributed by atoms with van der Waals surface area (Å²) in [7, 11) is 0. The number of nitrogens with zero attached hydrogens (tertiary/aromatic N) is 2. The maximum absolute atomic E-state index is 12.0. The van der Waals surface area contributed by atoms with Crippen molar-refractivity contribution in [2.75, 3.05) is 6.54 Å². The molecule has 2 aliphatic heterocycles. The van der Waals surface area contributed by atoms with Gasteiger partial charge in [0.2, 0.25) is 4.45 Å². The number of amides is 3. The van der Waals surface area contributed by atoms with Gasteiger partial charge in [0.15, 0.2) is 6.17 Å². The zero-order valence-corrected chi connectivity index (χ0v) is 9.74. The van der Waals surface area contributed by atoms with E-state index in [1.807, 2.05) is 6.92 Å². The first-order chi connectivity index (χ1) is 7.09. The Balaban J connectivity index is 2.26. The number of imide groups is 1. The molecule has 15 heavy (non-hydrogen) atoms. The van der Waals surface area contributed by atoms with Crippen LogP contribution < -0.4 is 10.6 Å². The molecular weight excluding hydrogens is 264 g/mol. The molecule has 2 unspecified atom stereocenters. The molecule has 2 heterocycles. The number of halogens is 1. The minimum absolute atomic E-state index is 0.296. The Hall–Kier alpha value is -1.11. The Bertz CT molecular complexity index is 346. The van der Waals surface area contributed by atoms with Gasteiger partial charge in [-0.2, -0.15) is 0 Å². The number of hydrogen-bond acceptors (Lipinski definition) is 4. The fourth-order valence-electron chi connectivity index (χ4n) is 1.61. The van der Waals surface area contributed by atoms with Gasteiger partial charge in [-0.05, 0) is 22.4 Å². The molecule has 6 nitrogen and oxygen atoms in total. The summed E-state index contributed by atoms with van der Waals surface area (Å²) in [6.07, 6.45) is 1.59. The van der Waals surface area contributed by atoms with Crippen LogP contribution in [0, 0.1) is 0 Å². The normalized spacial score (nSPS) is 33.7. The number of nitrogens with one attached hydrogen (secondary N) is 2. The van der Waals surface area contributed by atoms with Crippen molar-refractivity contribution in [1.29, 1.82) is 0 Å². The van der Waals surface area contributed by atoms with Crippen molar-refractivity contribution >= 4 is 34.2 Å². The van der Waals surface area contributed by atoms with Gasteiger partial charge >= 0.3 is 6.03 Å². The molecule has 0 aromatic carbocycles. The van der Waals surface area contributed by atoms with Crippen molar-refractivity contribution in [3.63, 3.8) is 0 Å². The summed E-state index contributed by atoms with van der Waals surface area (Å²) in [6.45, 7) is 2.32. The first kappa shape index (κ1) is 10.4. The van der Waals surface area contributed by atoms with E-state index in [1.165, 1.54) is 11.2 Å². The second-order valence-electron chi connectivity index (χ2n) is 3.44. The van der Waals surface area contributed by atoms with E-state index in [0.29, 0.717) is 6.54 Å². The van der Waals surface area contributed by atoms with Gasteiger partial charge < -0.3 is 10.6 Å². The van der Waals surface area contributed by atoms with Crippen LogP contribution in [-0.4, -0.2) is 40.3 Å². The smallest absolute Gasteiger partial charge is 0.325 e. The third-order valence-corrected chi connectivity index (χ3v) is 3.39. The zero-order chi connectivity index (χ0) is 11.1. The molecule has 2 N–H and O–H groups in total. The highest BCUT2D eigenvalue weighted by Crippen LogP contribution is 2.29. The summed E-state index contributed by atoms with van der Waals surface area (Å²) < 4.78 is -1.00. The molecule has 0 aromatic rings. The van der Waals surface area contributed by atoms with Gasteiger partial charge in [0.05, 0.1) is 6.34 Å². The van der Waals surface area contributed by atoms with E-state index < -0.39 is 10.6 Å². The van der Waals surface area contributed by atoms with E-state index in [4.69, 9.17) is 0 Å². The molecule has 0 radical (unpaired) electrons. The van der Waals surface area contributed by atoms with Crippen molar-refractivity contribution in [2.24, 2.45) is 4.99 Å². The predicted molar refractivity (Wildman–Crippen MR) is 57.6 cm³/mol. The van der Waals surface area contributed by atoms with Crippen LogP contribution in [0.25, 0.3) is 0 Å². The molecule has 1 saturated heterocycles. The Kier molecular flexibility index (Phi) is 2.41. The molecule has 0 aromatic heterocycles. The fourth-order valence-corrected chi connectivity index (χ4v) is 2.16. The maximum Gasteiger partial charge on any atom is 0.325 e. The van der Waals surface area contributed by atoms with E-state index in [9.17, 15) is 9.59 Å². The number of alkyl halides is 1. The highest BCUT2D eigenvalue weighted by molar-refractivity contribution is 9.10. The first-order valence-electron chi connectivity index (χ1n) is 4.70. The van der Waals surface area contributed by atoms with E-state index in [1.54, 1.807) is 0 Å². The number of aliphatic imine (C=N–C) groups is 1. The molecule has 0 saturated carbocycles. The highest BCUT2D eigenvalue weighted by Gasteiger charge is 2.54. The van der Waals surface area contributed by atoms with Gasteiger partial charge in [-0.25, -0.2) is 9.79 Å². The molecule has 2 aliphatic rings. The van der Waals surface area contributed by atoms with Crippen molar-refractivity contribution in [2.45, 2.75) is 24.0 Å². The zero-order valence-electron chi connectivity index (χ0n) is 8.16. The standard InChI is InChI=1S/C8H11BrN4O2/c1-2-3-13-6(14)8(9)5(10-4-11-8)12-7(13)15/h4-5H,2-3H2,1H3,(H,10,11)(H,12,15). The summed E-state index contributed by atoms with van der Waals surface area (Å²) >= 11 is 3.28. The van der Waals surface area contributed by atoms with Crippen molar-refractivity contribution in [3.8, 4) is 0 Å². The Morgan fingerprint density at radius 1 is 1.67 bits per heavy atom. The van der Waals surface area contributed by atoms with E-state index >= 15 is 0 Å². The van der Waals surface area contributed by atoms with Crippen LogP contribution in [0.5, 0.6) is 0 Å². The van der Waals surface area contributed by atoms with Crippen LogP contribution in [0.3, 0.4) is 0 Å². The predicted octanol–water partition coefficient (Wildman–Crippen LogP) is -0.00300. The van der Waals surface area contributed by atoms with E-state index in [-0.39, 0.29) is 11.9 Å². The lowest BCUT2D eigenvalue weighted by atomic mass is 10.1. The summed E-state index contributed by atoms with van der Waals surface area (Å²) in [4.78, 5) is 28.7. The molecule has 7 heteroatoms. The summed E-state index contributed by atoms with van der Waals surface area (Å²) in [5.41, 5.74) is 0. The lowest BCUT2D eigenvalue weighted by Gasteiger charge is -2.37.